The van der Waals surface area contributed by atoms with Crippen LogP contribution in [0.2, 0.25) is 20.1 Å². The van der Waals surface area contributed by atoms with E-state index in [1.165, 1.54) is 25.7 Å². The Balaban J connectivity index is 0.000000166. The van der Waals surface area contributed by atoms with E-state index in [9.17, 15) is 10.2 Å². The molecular weight excluding hydrogens is 918 g/mol. The van der Waals surface area contributed by atoms with Gasteiger partial charge in [-0.15, -0.1) is 0 Å². The van der Waals surface area contributed by atoms with Crippen molar-refractivity contribution in [2.45, 2.75) is 65.5 Å². The molecular formula is C48H60Cl4N12O2. The van der Waals surface area contributed by atoms with Crippen molar-refractivity contribution in [2.75, 3.05) is 88.5 Å². The first-order valence-electron chi connectivity index (χ1n) is 23.4. The van der Waals surface area contributed by atoms with Crippen LogP contribution in [-0.2, 0) is 0 Å². The molecule has 8 heterocycles. The quantitative estimate of drug-likeness (QED) is 0.122. The summed E-state index contributed by atoms with van der Waals surface area (Å²) in [5.41, 5.74) is 6.80. The van der Waals surface area contributed by atoms with E-state index in [0.717, 1.165) is 122 Å². The van der Waals surface area contributed by atoms with Crippen molar-refractivity contribution in [1.82, 2.24) is 49.3 Å². The molecule has 0 saturated carbocycles. The third-order valence-corrected chi connectivity index (χ3v) is 15.5. The number of aromatic nitrogens is 8. The molecule has 18 heteroatoms. The highest BCUT2D eigenvalue weighted by Gasteiger charge is 2.38. The lowest BCUT2D eigenvalue weighted by Crippen LogP contribution is -2.54. The van der Waals surface area contributed by atoms with Crippen LogP contribution < -0.4 is 9.80 Å². The summed E-state index contributed by atoms with van der Waals surface area (Å²) in [6, 6.07) is 10.9. The van der Waals surface area contributed by atoms with Crippen LogP contribution in [0.4, 0.5) is 11.6 Å². The predicted octanol–water partition coefficient (Wildman–Crippen LogP) is 8.38. The van der Waals surface area contributed by atoms with E-state index in [2.05, 4.69) is 33.4 Å². The molecule has 352 valence electrons. The van der Waals surface area contributed by atoms with Crippen LogP contribution in [0.15, 0.2) is 48.8 Å². The topological polar surface area (TPSA) is 141 Å². The number of benzene rings is 2. The van der Waals surface area contributed by atoms with Crippen LogP contribution in [0.5, 0.6) is 0 Å². The van der Waals surface area contributed by atoms with E-state index < -0.39 is 0 Å². The number of aliphatic hydroxyl groups excluding tert-OH is 2. The Labute approximate surface area is 406 Å². The summed E-state index contributed by atoms with van der Waals surface area (Å²) in [7, 11) is 0. The third kappa shape index (κ3) is 9.85. The summed E-state index contributed by atoms with van der Waals surface area (Å²) in [6.07, 6.45) is 8.73. The summed E-state index contributed by atoms with van der Waals surface area (Å²) in [4.78, 5) is 28.8. The lowest BCUT2D eigenvalue weighted by Gasteiger charge is -2.47. The van der Waals surface area contributed by atoms with Gasteiger partial charge in [0.1, 0.15) is 22.7 Å². The second kappa shape index (κ2) is 20.4. The highest BCUT2D eigenvalue weighted by atomic mass is 35.5. The highest BCUT2D eigenvalue weighted by Crippen LogP contribution is 2.37. The van der Waals surface area contributed by atoms with Crippen LogP contribution in [0.1, 0.15) is 74.1 Å². The van der Waals surface area contributed by atoms with Crippen molar-refractivity contribution < 1.29 is 10.2 Å². The molecule has 2 N–H and O–H groups in total. The molecule has 4 atom stereocenters. The zero-order valence-electron chi connectivity index (χ0n) is 38.2. The summed E-state index contributed by atoms with van der Waals surface area (Å²) in [5, 5.41) is 30.5. The number of fused-ring (bicyclic) bond motifs is 2. The minimum Gasteiger partial charge on any atom is -0.395 e. The Hall–Kier alpha value is -3.86. The molecule has 0 radical (unpaired) electrons. The second-order valence-corrected chi connectivity index (χ2v) is 20.4. The Morgan fingerprint density at radius 3 is 1.38 bits per heavy atom. The Morgan fingerprint density at radius 2 is 1.00 bits per heavy atom. The van der Waals surface area contributed by atoms with Crippen molar-refractivity contribution in [3.63, 3.8) is 0 Å². The molecule has 4 fully saturated rings. The van der Waals surface area contributed by atoms with Crippen molar-refractivity contribution in [3.8, 4) is 0 Å². The fraction of sp³-hybridized carbons (Fsp3) is 0.542. The van der Waals surface area contributed by atoms with Crippen LogP contribution in [0.3, 0.4) is 0 Å². The Kier molecular flexibility index (Phi) is 14.6. The largest absolute Gasteiger partial charge is 0.395 e. The van der Waals surface area contributed by atoms with Crippen LogP contribution in [-0.4, -0.2) is 138 Å². The second-order valence-electron chi connectivity index (χ2n) is 18.7. The Bertz CT molecular complexity index is 2470. The lowest BCUT2D eigenvalue weighted by molar-refractivity contribution is 0.101. The molecule has 4 aliphatic heterocycles. The number of hydrogen-bond donors (Lipinski definition) is 2. The number of piperidine rings is 2. The monoisotopic (exact) mass is 976 g/mol. The molecule has 2 aromatic carbocycles. The standard InChI is InChI=1S/2C24H30Cl2N6O/c2*1-15-23-24(32(29-15)16(2)20-6-5-19(25)10-21(20)26)28-22(11-27-23)31-13-18(14-31)17-4-3-7-30(12-17)8-9-33/h2*5-6,10-11,16-18,33H,3-4,7-9,12-14H2,1-2H3/t16-,17+;16-,17-/m11/s1. The lowest BCUT2D eigenvalue weighted by atomic mass is 9.80. The highest BCUT2D eigenvalue weighted by molar-refractivity contribution is 6.35. The zero-order chi connectivity index (χ0) is 46.2. The third-order valence-electron chi connectivity index (χ3n) is 14.4. The van der Waals surface area contributed by atoms with Gasteiger partial charge in [0.05, 0.1) is 49.1 Å². The van der Waals surface area contributed by atoms with E-state index in [0.29, 0.717) is 43.8 Å². The van der Waals surface area contributed by atoms with E-state index in [1.54, 1.807) is 12.1 Å². The minimum absolute atomic E-state index is 0.0978. The molecule has 0 spiro atoms. The van der Waals surface area contributed by atoms with Gasteiger partial charge in [-0.3, -0.25) is 0 Å². The summed E-state index contributed by atoms with van der Waals surface area (Å²) >= 11 is 25.1. The molecule has 0 unspecified atom stereocenters. The molecule has 66 heavy (non-hydrogen) atoms. The maximum absolute atomic E-state index is 9.27. The van der Waals surface area contributed by atoms with Gasteiger partial charge in [0.25, 0.3) is 0 Å². The smallest absolute Gasteiger partial charge is 0.179 e. The predicted molar refractivity (Wildman–Crippen MR) is 265 cm³/mol. The molecule has 14 nitrogen and oxygen atoms in total. The van der Waals surface area contributed by atoms with Gasteiger partial charge in [0.2, 0.25) is 0 Å². The van der Waals surface area contributed by atoms with Gasteiger partial charge in [-0.1, -0.05) is 58.5 Å². The van der Waals surface area contributed by atoms with E-state index in [1.807, 2.05) is 59.9 Å². The summed E-state index contributed by atoms with van der Waals surface area (Å²) < 4.78 is 3.84. The van der Waals surface area contributed by atoms with Gasteiger partial charge in [-0.25, -0.2) is 29.3 Å². The van der Waals surface area contributed by atoms with Gasteiger partial charge in [0, 0.05) is 72.4 Å². The Morgan fingerprint density at radius 1 is 0.591 bits per heavy atom. The molecule has 4 aliphatic rings. The number of likely N-dealkylation sites (tertiary alicyclic amines) is 2. The van der Waals surface area contributed by atoms with E-state index in [4.69, 9.17) is 76.5 Å². The maximum Gasteiger partial charge on any atom is 0.179 e. The van der Waals surface area contributed by atoms with Crippen LogP contribution in [0.25, 0.3) is 22.3 Å². The first-order valence-corrected chi connectivity index (χ1v) is 24.9. The fourth-order valence-corrected chi connectivity index (χ4v) is 11.6. The first kappa shape index (κ1) is 47.2. The summed E-state index contributed by atoms with van der Waals surface area (Å²) in [6.45, 7) is 18.5. The number of β-amino-alcohol motifs (C(OH)–C–C–N with tert-alkyl or cyclic N) is 2. The SMILES string of the molecule is Cc1nn([C@H](C)c2ccc(Cl)cc2Cl)c2nc(N3CC([C@@H]4CCCN(CCO)C4)C3)cnc12.Cc1nn([C@H](C)c2ccc(Cl)cc2Cl)c2nc(N3CC([C@H]4CCCN(CCO)C4)C3)cnc12. The minimum atomic E-state index is -0.0978. The van der Waals surface area contributed by atoms with Crippen molar-refractivity contribution in [3.05, 3.63) is 91.4 Å². The van der Waals surface area contributed by atoms with Crippen LogP contribution in [0, 0.1) is 37.5 Å². The number of aryl methyl sites for hydroxylation is 2. The van der Waals surface area contributed by atoms with Crippen molar-refractivity contribution in [1.29, 1.82) is 0 Å². The van der Waals surface area contributed by atoms with Gasteiger partial charge in [0.15, 0.2) is 11.3 Å². The number of rotatable bonds is 12. The van der Waals surface area contributed by atoms with Gasteiger partial charge in [-0.2, -0.15) is 10.2 Å². The van der Waals surface area contributed by atoms with Gasteiger partial charge >= 0.3 is 0 Å². The van der Waals surface area contributed by atoms with E-state index >= 15 is 0 Å². The fourth-order valence-electron chi connectivity index (χ4n) is 10.5. The molecule has 10 rings (SSSR count). The molecule has 0 bridgehead atoms. The molecule has 0 amide bonds. The number of anilines is 2. The number of halogens is 4. The normalized spacial score (nSPS) is 20.9. The maximum atomic E-state index is 9.27. The van der Waals surface area contributed by atoms with Gasteiger partial charge in [-0.05, 0) is 126 Å². The van der Waals surface area contributed by atoms with Crippen molar-refractivity contribution in [2.24, 2.45) is 23.7 Å². The van der Waals surface area contributed by atoms with Crippen LogP contribution >= 0.6 is 46.4 Å². The molecule has 6 aromatic rings. The molecule has 4 aromatic heterocycles. The zero-order valence-corrected chi connectivity index (χ0v) is 41.2. The van der Waals surface area contributed by atoms with E-state index in [-0.39, 0.29) is 25.3 Å². The number of nitrogens with zero attached hydrogens (tertiary/aromatic N) is 12. The average Bonchev–Trinajstić information content (AvgIpc) is 3.78. The molecule has 4 saturated heterocycles. The number of aliphatic hydroxyl groups is 2. The number of hydrogen-bond acceptors (Lipinski definition) is 12. The van der Waals surface area contributed by atoms with Gasteiger partial charge < -0.3 is 29.8 Å². The average molecular weight is 979 g/mol. The molecule has 0 aliphatic carbocycles. The first-order chi connectivity index (χ1) is 31.9. The van der Waals surface area contributed by atoms with Crippen molar-refractivity contribution >= 4 is 80.4 Å². The summed E-state index contributed by atoms with van der Waals surface area (Å²) in [5.74, 6) is 4.52.